The quantitative estimate of drug-likeness (QED) is 0.372. The first-order valence-electron chi connectivity index (χ1n) is 7.56. The lowest BCUT2D eigenvalue weighted by atomic mass is 9.88. The number of anilines is 1. The van der Waals surface area contributed by atoms with Gasteiger partial charge in [0.25, 0.3) is 0 Å². The Labute approximate surface area is 140 Å². The molecular formula is C16H22N2O6. The Balaban J connectivity index is 1.68. The predicted molar refractivity (Wildman–Crippen MR) is 85.0 cm³/mol. The van der Waals surface area contributed by atoms with Gasteiger partial charge < -0.3 is 30.0 Å². The lowest BCUT2D eigenvalue weighted by Gasteiger charge is -2.24. The normalized spacial score (nSPS) is 21.5. The molecule has 0 aliphatic carbocycles. The smallest absolute Gasteiger partial charge is 0.321 e. The van der Waals surface area contributed by atoms with E-state index in [0.29, 0.717) is 5.69 Å². The van der Waals surface area contributed by atoms with Crippen molar-refractivity contribution in [1.29, 1.82) is 0 Å². The van der Waals surface area contributed by atoms with Crippen molar-refractivity contribution in [2.75, 3.05) is 25.3 Å². The number of carbonyl (C=O) groups excluding carboxylic acids is 2. The summed E-state index contributed by atoms with van der Waals surface area (Å²) < 4.78 is 15.7. The average molecular weight is 338 g/mol. The largest absolute Gasteiger partial charge is 0.465 e. The number of benzene rings is 1. The summed E-state index contributed by atoms with van der Waals surface area (Å²) in [4.78, 5) is 22.6. The molecule has 0 spiro atoms. The number of para-hydroxylation sites is 1. The second kappa shape index (κ2) is 8.09. The predicted octanol–water partition coefficient (Wildman–Crippen LogP) is 1.07. The van der Waals surface area contributed by atoms with Crippen molar-refractivity contribution in [2.24, 2.45) is 5.41 Å². The first-order chi connectivity index (χ1) is 11.4. The molecule has 1 saturated heterocycles. The van der Waals surface area contributed by atoms with E-state index >= 15 is 0 Å². The van der Waals surface area contributed by atoms with Crippen molar-refractivity contribution >= 4 is 17.7 Å². The molecule has 8 heteroatoms. The maximum atomic E-state index is 11.7. The SMILES string of the molecule is CC(=O)OCC(C)(CO)C1OC1OCNC(=O)Nc1ccccc1. The van der Waals surface area contributed by atoms with E-state index in [1.54, 1.807) is 19.1 Å². The molecule has 132 valence electrons. The van der Waals surface area contributed by atoms with Crippen LogP contribution in [-0.2, 0) is 19.0 Å². The Bertz CT molecular complexity index is 567. The Morgan fingerprint density at radius 2 is 2.04 bits per heavy atom. The Kier molecular flexibility index (Phi) is 6.13. The fourth-order valence-corrected chi connectivity index (χ4v) is 2.09. The first-order valence-corrected chi connectivity index (χ1v) is 7.56. The number of epoxide rings is 1. The lowest BCUT2D eigenvalue weighted by Crippen LogP contribution is -2.36. The number of ether oxygens (including phenoxy) is 3. The van der Waals surface area contributed by atoms with Gasteiger partial charge in [0.15, 0.2) is 6.29 Å². The average Bonchev–Trinajstić information content (AvgIpc) is 3.34. The van der Waals surface area contributed by atoms with Gasteiger partial charge in [-0.1, -0.05) is 25.1 Å². The second-order valence-electron chi connectivity index (χ2n) is 5.83. The minimum atomic E-state index is -0.747. The number of urea groups is 1. The second-order valence-corrected chi connectivity index (χ2v) is 5.83. The van der Waals surface area contributed by atoms with Crippen molar-refractivity contribution in [1.82, 2.24) is 5.32 Å². The molecule has 0 saturated carbocycles. The summed E-state index contributed by atoms with van der Waals surface area (Å²) in [6, 6.07) is 8.61. The molecule has 2 rings (SSSR count). The van der Waals surface area contributed by atoms with Crippen LogP contribution >= 0.6 is 0 Å². The number of hydrogen-bond donors (Lipinski definition) is 3. The molecule has 3 unspecified atom stereocenters. The summed E-state index contributed by atoms with van der Waals surface area (Å²) in [6.45, 7) is 2.81. The number of aliphatic hydroxyl groups excluding tert-OH is 1. The van der Waals surface area contributed by atoms with Crippen LogP contribution in [0.1, 0.15) is 13.8 Å². The van der Waals surface area contributed by atoms with Crippen LogP contribution in [0.15, 0.2) is 30.3 Å². The fourth-order valence-electron chi connectivity index (χ4n) is 2.09. The summed E-state index contributed by atoms with van der Waals surface area (Å²) in [5, 5.41) is 14.7. The maximum Gasteiger partial charge on any atom is 0.321 e. The van der Waals surface area contributed by atoms with Crippen molar-refractivity contribution in [3.05, 3.63) is 30.3 Å². The van der Waals surface area contributed by atoms with Crippen LogP contribution in [0, 0.1) is 5.41 Å². The summed E-state index contributed by atoms with van der Waals surface area (Å²) >= 11 is 0. The van der Waals surface area contributed by atoms with E-state index in [4.69, 9.17) is 14.2 Å². The molecule has 1 aliphatic heterocycles. The third-order valence-corrected chi connectivity index (χ3v) is 3.62. The summed E-state index contributed by atoms with van der Waals surface area (Å²) in [7, 11) is 0. The molecule has 1 aromatic carbocycles. The number of amides is 2. The molecule has 1 aromatic rings. The van der Waals surface area contributed by atoms with Gasteiger partial charge in [-0.05, 0) is 12.1 Å². The molecule has 2 amide bonds. The summed E-state index contributed by atoms with van der Waals surface area (Å²) in [5.74, 6) is -0.424. The summed E-state index contributed by atoms with van der Waals surface area (Å²) in [6.07, 6.45) is -0.962. The molecule has 3 atom stereocenters. The van der Waals surface area contributed by atoms with Gasteiger partial charge in [-0.2, -0.15) is 0 Å². The van der Waals surface area contributed by atoms with Gasteiger partial charge in [0, 0.05) is 12.6 Å². The van der Waals surface area contributed by atoms with Crippen LogP contribution in [0.4, 0.5) is 10.5 Å². The lowest BCUT2D eigenvalue weighted by molar-refractivity contribution is -0.145. The van der Waals surface area contributed by atoms with Crippen LogP contribution in [0.3, 0.4) is 0 Å². The number of aliphatic hydroxyl groups is 1. The molecule has 1 heterocycles. The van der Waals surface area contributed by atoms with Gasteiger partial charge in [-0.3, -0.25) is 4.79 Å². The zero-order valence-electron chi connectivity index (χ0n) is 13.7. The Hall–Kier alpha value is -2.16. The standard InChI is InChI=1S/C16H22N2O6/c1-11(20)22-9-16(2,8-19)13-14(24-13)23-10-17-15(21)18-12-6-4-3-5-7-12/h3-7,13-14,19H,8-10H2,1-2H3,(H2,17,18,21). The highest BCUT2D eigenvalue weighted by molar-refractivity contribution is 5.88. The topological polar surface area (TPSA) is 109 Å². The molecule has 0 aromatic heterocycles. The number of esters is 1. The van der Waals surface area contributed by atoms with Gasteiger partial charge in [-0.15, -0.1) is 0 Å². The van der Waals surface area contributed by atoms with Gasteiger partial charge >= 0.3 is 12.0 Å². The third kappa shape index (κ3) is 5.19. The van der Waals surface area contributed by atoms with Crippen molar-refractivity contribution in [3.63, 3.8) is 0 Å². The van der Waals surface area contributed by atoms with Gasteiger partial charge in [0.1, 0.15) is 19.4 Å². The molecule has 1 fully saturated rings. The van der Waals surface area contributed by atoms with Gasteiger partial charge in [0.05, 0.1) is 12.0 Å². The summed E-state index contributed by atoms with van der Waals surface area (Å²) in [5.41, 5.74) is -0.0763. The van der Waals surface area contributed by atoms with Crippen molar-refractivity contribution in [3.8, 4) is 0 Å². The molecule has 1 aliphatic rings. The van der Waals surface area contributed by atoms with E-state index in [1.165, 1.54) is 6.92 Å². The minimum Gasteiger partial charge on any atom is -0.465 e. The Morgan fingerprint density at radius 3 is 2.67 bits per heavy atom. The number of hydrogen-bond acceptors (Lipinski definition) is 6. The maximum absolute atomic E-state index is 11.7. The molecule has 3 N–H and O–H groups in total. The van der Waals surface area contributed by atoms with Gasteiger partial charge in [-0.25, -0.2) is 4.79 Å². The molecular weight excluding hydrogens is 316 g/mol. The van der Waals surface area contributed by atoms with E-state index in [9.17, 15) is 14.7 Å². The van der Waals surface area contributed by atoms with E-state index in [2.05, 4.69) is 10.6 Å². The zero-order chi connectivity index (χ0) is 17.6. The van der Waals surface area contributed by atoms with Crippen LogP contribution in [0.25, 0.3) is 0 Å². The number of nitrogens with one attached hydrogen (secondary N) is 2. The van der Waals surface area contributed by atoms with E-state index in [0.717, 1.165) is 0 Å². The van der Waals surface area contributed by atoms with E-state index < -0.39 is 29.8 Å². The van der Waals surface area contributed by atoms with Gasteiger partial charge in [0.2, 0.25) is 0 Å². The minimum absolute atomic E-state index is 0.0330. The monoisotopic (exact) mass is 338 g/mol. The Morgan fingerprint density at radius 1 is 1.33 bits per heavy atom. The zero-order valence-corrected chi connectivity index (χ0v) is 13.7. The van der Waals surface area contributed by atoms with Crippen LogP contribution in [-0.4, -0.2) is 49.4 Å². The molecule has 24 heavy (non-hydrogen) atoms. The third-order valence-electron chi connectivity index (χ3n) is 3.62. The molecule has 0 radical (unpaired) electrons. The number of rotatable bonds is 8. The highest BCUT2D eigenvalue weighted by atomic mass is 16.8. The van der Waals surface area contributed by atoms with E-state index in [-0.39, 0.29) is 19.9 Å². The number of carbonyl (C=O) groups is 2. The highest BCUT2D eigenvalue weighted by Gasteiger charge is 2.53. The van der Waals surface area contributed by atoms with Crippen molar-refractivity contribution in [2.45, 2.75) is 26.2 Å². The van der Waals surface area contributed by atoms with Crippen LogP contribution in [0.2, 0.25) is 0 Å². The molecule has 8 nitrogen and oxygen atoms in total. The van der Waals surface area contributed by atoms with E-state index in [1.807, 2.05) is 18.2 Å². The molecule has 0 bridgehead atoms. The van der Waals surface area contributed by atoms with Crippen molar-refractivity contribution < 1.29 is 28.9 Å². The first kappa shape index (κ1) is 18.2. The van der Waals surface area contributed by atoms with Crippen LogP contribution in [0.5, 0.6) is 0 Å². The highest BCUT2D eigenvalue weighted by Crippen LogP contribution is 2.39. The van der Waals surface area contributed by atoms with Crippen LogP contribution < -0.4 is 10.6 Å². The fraction of sp³-hybridized carbons (Fsp3) is 0.500.